The molecule has 3 aromatic rings. The molecule has 1 heterocycles. The molecule has 0 atom stereocenters. The van der Waals surface area contributed by atoms with Crippen molar-refractivity contribution < 1.29 is 14.5 Å². The lowest BCUT2D eigenvalue weighted by molar-refractivity contribution is -0.387. The van der Waals surface area contributed by atoms with Crippen LogP contribution in [0.2, 0.25) is 0 Å². The number of aryl methyl sites for hydroxylation is 1. The summed E-state index contributed by atoms with van der Waals surface area (Å²) in [5.74, 6) is -0.385. The molecule has 0 aliphatic carbocycles. The van der Waals surface area contributed by atoms with Crippen molar-refractivity contribution in [2.24, 2.45) is 7.05 Å². The molecule has 0 unspecified atom stereocenters. The largest absolute Gasteiger partial charge is 0.380 e. The van der Waals surface area contributed by atoms with Crippen LogP contribution in [0.3, 0.4) is 0 Å². The average Bonchev–Trinajstić information content (AvgIpc) is 3.12. The van der Waals surface area contributed by atoms with Crippen molar-refractivity contribution in [3.05, 3.63) is 75.6 Å². The molecular weight excluding hydrogens is 394 g/mol. The van der Waals surface area contributed by atoms with E-state index in [4.69, 9.17) is 4.74 Å². The van der Waals surface area contributed by atoms with Crippen LogP contribution >= 0.6 is 11.8 Å². The maximum absolute atomic E-state index is 12.5. The number of nitro benzene ring substituents is 1. The second kappa shape index (κ2) is 9.30. The molecule has 0 bridgehead atoms. The van der Waals surface area contributed by atoms with Gasteiger partial charge in [0.05, 0.1) is 16.4 Å². The molecule has 0 spiro atoms. The van der Waals surface area contributed by atoms with Gasteiger partial charge in [-0.2, -0.15) is 0 Å². The van der Waals surface area contributed by atoms with Crippen LogP contribution in [0.4, 0.5) is 5.69 Å². The van der Waals surface area contributed by atoms with Crippen molar-refractivity contribution in [1.29, 1.82) is 0 Å². The zero-order valence-corrected chi connectivity index (χ0v) is 16.7. The Kier molecular flexibility index (Phi) is 6.57. The first-order chi connectivity index (χ1) is 14.0. The Balaban J connectivity index is 1.71. The average molecular weight is 413 g/mol. The lowest BCUT2D eigenvalue weighted by Gasteiger charge is -2.08. The van der Waals surface area contributed by atoms with Crippen molar-refractivity contribution in [3.63, 3.8) is 0 Å². The molecule has 0 saturated heterocycles. The van der Waals surface area contributed by atoms with E-state index in [9.17, 15) is 14.9 Å². The Hall–Kier alpha value is -3.24. The van der Waals surface area contributed by atoms with Crippen LogP contribution in [0.5, 0.6) is 0 Å². The van der Waals surface area contributed by atoms with Gasteiger partial charge >= 0.3 is 0 Å². The van der Waals surface area contributed by atoms with E-state index in [1.165, 1.54) is 12.4 Å². The fraction of sp³-hybridized carbons (Fsp3) is 0.211. The minimum Gasteiger partial charge on any atom is -0.380 e. The maximum Gasteiger partial charge on any atom is 0.284 e. The third-order valence-electron chi connectivity index (χ3n) is 4.08. The van der Waals surface area contributed by atoms with E-state index in [0.29, 0.717) is 23.2 Å². The van der Waals surface area contributed by atoms with Gasteiger partial charge in [0.1, 0.15) is 6.33 Å². The zero-order chi connectivity index (χ0) is 20.8. The molecule has 1 N–H and O–H groups in total. The first-order valence-electron chi connectivity index (χ1n) is 8.63. The number of hydrogen-bond acceptors (Lipinski definition) is 7. The normalized spacial score (nSPS) is 10.7. The third-order valence-corrected chi connectivity index (χ3v) is 5.19. The number of nitrogens with one attached hydrogen (secondary N) is 1. The number of carbonyl (C=O) groups excluding carboxylic acids is 1. The van der Waals surface area contributed by atoms with E-state index in [-0.39, 0.29) is 17.2 Å². The first kappa shape index (κ1) is 20.5. The summed E-state index contributed by atoms with van der Waals surface area (Å²) in [5.41, 5.74) is 2.01. The summed E-state index contributed by atoms with van der Waals surface area (Å²) >= 11 is 1.12. The molecule has 0 aliphatic rings. The summed E-state index contributed by atoms with van der Waals surface area (Å²) in [5, 5.41) is 22.5. The van der Waals surface area contributed by atoms with E-state index in [0.717, 1.165) is 22.9 Å². The van der Waals surface area contributed by atoms with Gasteiger partial charge in [-0.05, 0) is 35.0 Å². The highest BCUT2D eigenvalue weighted by molar-refractivity contribution is 7.99. The molecule has 0 aliphatic heterocycles. The summed E-state index contributed by atoms with van der Waals surface area (Å²) in [4.78, 5) is 23.8. The number of amides is 1. The lowest BCUT2D eigenvalue weighted by atomic mass is 10.1. The van der Waals surface area contributed by atoms with Gasteiger partial charge < -0.3 is 14.6 Å². The van der Waals surface area contributed by atoms with E-state index >= 15 is 0 Å². The summed E-state index contributed by atoms with van der Waals surface area (Å²) < 4.78 is 6.73. The molecule has 0 saturated carbocycles. The quantitative estimate of drug-likeness (QED) is 0.446. The standard InChI is InChI=1S/C19H19N5O4S/c1-23-12-21-22-19(23)29-17-8-7-15(9-16(17)24(26)27)18(25)20-10-13-3-5-14(6-4-13)11-28-2/h3-9,12H,10-11H2,1-2H3,(H,20,25). The number of hydrogen-bond donors (Lipinski definition) is 1. The second-order valence-electron chi connectivity index (χ2n) is 6.20. The van der Waals surface area contributed by atoms with Crippen molar-refractivity contribution in [1.82, 2.24) is 20.1 Å². The molecule has 150 valence electrons. The Labute approximate surface area is 171 Å². The van der Waals surface area contributed by atoms with Crippen LogP contribution in [-0.2, 0) is 24.9 Å². The van der Waals surface area contributed by atoms with E-state index in [1.807, 2.05) is 24.3 Å². The SMILES string of the molecule is COCc1ccc(CNC(=O)c2ccc(Sc3nncn3C)c([N+](=O)[O-])c2)cc1. The number of rotatable bonds is 8. The number of carbonyl (C=O) groups is 1. The number of ether oxygens (including phenoxy) is 1. The molecule has 29 heavy (non-hydrogen) atoms. The molecule has 10 heteroatoms. The summed E-state index contributed by atoms with van der Waals surface area (Å²) in [6, 6.07) is 12.0. The number of benzene rings is 2. The van der Waals surface area contributed by atoms with Crippen LogP contribution < -0.4 is 5.32 Å². The molecule has 1 aromatic heterocycles. The van der Waals surface area contributed by atoms with Gasteiger partial charge in [-0.3, -0.25) is 14.9 Å². The predicted octanol–water partition coefficient (Wildman–Crippen LogP) is 2.95. The molecule has 3 rings (SSSR count). The fourth-order valence-corrected chi connectivity index (χ4v) is 3.41. The highest BCUT2D eigenvalue weighted by Crippen LogP contribution is 2.34. The van der Waals surface area contributed by atoms with Crippen LogP contribution in [0.25, 0.3) is 0 Å². The first-order valence-corrected chi connectivity index (χ1v) is 9.45. The molecule has 1 amide bonds. The van der Waals surface area contributed by atoms with Gasteiger partial charge in [-0.25, -0.2) is 0 Å². The van der Waals surface area contributed by atoms with Crippen LogP contribution in [0.1, 0.15) is 21.5 Å². The van der Waals surface area contributed by atoms with Gasteiger partial charge in [0, 0.05) is 32.3 Å². The Bertz CT molecular complexity index is 1020. The van der Waals surface area contributed by atoms with Gasteiger partial charge in [0.25, 0.3) is 11.6 Å². The van der Waals surface area contributed by atoms with Crippen molar-refractivity contribution in [2.45, 2.75) is 23.2 Å². The molecule has 9 nitrogen and oxygen atoms in total. The van der Waals surface area contributed by atoms with Crippen LogP contribution in [0.15, 0.2) is 58.8 Å². The topological polar surface area (TPSA) is 112 Å². The molecular formula is C19H19N5O4S. The van der Waals surface area contributed by atoms with E-state index in [1.54, 1.807) is 30.9 Å². The van der Waals surface area contributed by atoms with Crippen LogP contribution in [0, 0.1) is 10.1 Å². The fourth-order valence-electron chi connectivity index (χ4n) is 2.56. The van der Waals surface area contributed by atoms with E-state index < -0.39 is 4.92 Å². The predicted molar refractivity (Wildman–Crippen MR) is 107 cm³/mol. The molecule has 0 radical (unpaired) electrons. The number of aromatic nitrogens is 3. The van der Waals surface area contributed by atoms with Crippen molar-refractivity contribution in [3.8, 4) is 0 Å². The molecule has 0 fully saturated rings. The Morgan fingerprint density at radius 1 is 1.24 bits per heavy atom. The Morgan fingerprint density at radius 3 is 2.59 bits per heavy atom. The lowest BCUT2D eigenvalue weighted by Crippen LogP contribution is -2.22. The number of methoxy groups -OCH3 is 1. The minimum atomic E-state index is -0.510. The number of nitrogens with zero attached hydrogens (tertiary/aromatic N) is 4. The monoisotopic (exact) mass is 413 g/mol. The van der Waals surface area contributed by atoms with Crippen LogP contribution in [-0.4, -0.2) is 32.7 Å². The zero-order valence-electron chi connectivity index (χ0n) is 15.9. The number of nitro groups is 1. The van der Waals surface area contributed by atoms with Gasteiger partial charge in [-0.15, -0.1) is 10.2 Å². The minimum absolute atomic E-state index is 0.158. The smallest absolute Gasteiger partial charge is 0.284 e. The summed E-state index contributed by atoms with van der Waals surface area (Å²) in [6.45, 7) is 0.838. The highest BCUT2D eigenvalue weighted by atomic mass is 32.2. The third kappa shape index (κ3) is 5.18. The van der Waals surface area contributed by atoms with Crippen molar-refractivity contribution >= 4 is 23.4 Å². The van der Waals surface area contributed by atoms with Crippen molar-refractivity contribution in [2.75, 3.05) is 7.11 Å². The Morgan fingerprint density at radius 2 is 1.97 bits per heavy atom. The van der Waals surface area contributed by atoms with Gasteiger partial charge in [0.2, 0.25) is 0 Å². The highest BCUT2D eigenvalue weighted by Gasteiger charge is 2.20. The summed E-state index contributed by atoms with van der Waals surface area (Å²) in [7, 11) is 3.38. The maximum atomic E-state index is 12.5. The van der Waals surface area contributed by atoms with Gasteiger partial charge in [-0.1, -0.05) is 24.3 Å². The second-order valence-corrected chi connectivity index (χ2v) is 7.21. The van der Waals surface area contributed by atoms with Gasteiger partial charge in [0.15, 0.2) is 5.16 Å². The summed E-state index contributed by atoms with van der Waals surface area (Å²) in [6.07, 6.45) is 1.51. The van der Waals surface area contributed by atoms with E-state index in [2.05, 4.69) is 15.5 Å². The molecule has 2 aromatic carbocycles.